The Morgan fingerprint density at radius 1 is 1.31 bits per heavy atom. The molecular formula is C18H22N6OS. The van der Waals surface area contributed by atoms with Crippen molar-refractivity contribution in [1.82, 2.24) is 25.5 Å². The molecule has 7 nitrogen and oxygen atoms in total. The number of thioether (sulfide) groups is 1. The SMILES string of the molecule is Cc1ccc(-n2nnnc2SC(C)C(=O)NC2(C#N)CCCCC2)cc1. The van der Waals surface area contributed by atoms with E-state index in [0.29, 0.717) is 18.0 Å². The standard InChI is InChI=1S/C18H22N6OS/c1-13-6-8-15(9-7-13)24-17(21-22-23-24)26-14(2)16(25)20-18(12-19)10-4-3-5-11-18/h6-9,14H,3-5,10-11H2,1-2H3,(H,20,25). The van der Waals surface area contributed by atoms with Crippen molar-refractivity contribution in [2.45, 2.75) is 61.9 Å². The van der Waals surface area contributed by atoms with E-state index in [1.807, 2.05) is 38.1 Å². The lowest BCUT2D eigenvalue weighted by molar-refractivity contribution is -0.121. The molecule has 1 N–H and O–H groups in total. The number of nitriles is 1. The first kappa shape index (κ1) is 18.4. The molecule has 1 saturated carbocycles. The molecule has 0 spiro atoms. The van der Waals surface area contributed by atoms with Gasteiger partial charge in [0.15, 0.2) is 0 Å². The molecule has 1 heterocycles. The summed E-state index contributed by atoms with van der Waals surface area (Å²) >= 11 is 1.29. The van der Waals surface area contributed by atoms with E-state index >= 15 is 0 Å². The van der Waals surface area contributed by atoms with Crippen molar-refractivity contribution in [3.05, 3.63) is 29.8 Å². The van der Waals surface area contributed by atoms with Gasteiger partial charge in [-0.3, -0.25) is 4.79 Å². The number of hydrogen-bond donors (Lipinski definition) is 1. The Morgan fingerprint density at radius 3 is 2.65 bits per heavy atom. The highest BCUT2D eigenvalue weighted by atomic mass is 32.2. The van der Waals surface area contributed by atoms with Crippen LogP contribution in [0.3, 0.4) is 0 Å². The van der Waals surface area contributed by atoms with Gasteiger partial charge in [0.25, 0.3) is 0 Å². The maximum Gasteiger partial charge on any atom is 0.234 e. The molecule has 2 aromatic rings. The fourth-order valence-corrected chi connectivity index (χ4v) is 3.88. The second-order valence-corrected chi connectivity index (χ2v) is 8.02. The first-order valence-electron chi connectivity index (χ1n) is 8.78. The molecule has 1 fully saturated rings. The van der Waals surface area contributed by atoms with Crippen molar-refractivity contribution in [1.29, 1.82) is 5.26 Å². The van der Waals surface area contributed by atoms with Gasteiger partial charge in [0, 0.05) is 0 Å². The summed E-state index contributed by atoms with van der Waals surface area (Å²) < 4.78 is 1.62. The predicted molar refractivity (Wildman–Crippen MR) is 98.8 cm³/mol. The topological polar surface area (TPSA) is 96.5 Å². The Labute approximate surface area is 157 Å². The highest BCUT2D eigenvalue weighted by Crippen LogP contribution is 2.29. The molecule has 1 unspecified atom stereocenters. The smallest absolute Gasteiger partial charge is 0.234 e. The van der Waals surface area contributed by atoms with Gasteiger partial charge < -0.3 is 5.32 Å². The van der Waals surface area contributed by atoms with E-state index in [0.717, 1.165) is 30.5 Å². The fourth-order valence-electron chi connectivity index (χ4n) is 3.07. The number of aryl methyl sites for hydroxylation is 1. The quantitative estimate of drug-likeness (QED) is 0.813. The molecule has 1 aliphatic rings. The molecule has 1 amide bonds. The summed E-state index contributed by atoms with van der Waals surface area (Å²) in [4.78, 5) is 12.6. The number of aromatic nitrogens is 4. The Morgan fingerprint density at radius 2 is 2.00 bits per heavy atom. The highest BCUT2D eigenvalue weighted by molar-refractivity contribution is 8.00. The van der Waals surface area contributed by atoms with Gasteiger partial charge in [0.2, 0.25) is 11.1 Å². The van der Waals surface area contributed by atoms with Crippen LogP contribution in [0.5, 0.6) is 0 Å². The van der Waals surface area contributed by atoms with Crippen LogP contribution >= 0.6 is 11.8 Å². The summed E-state index contributed by atoms with van der Waals surface area (Å²) in [5, 5.41) is 24.4. The number of carbonyl (C=O) groups excluding carboxylic acids is 1. The number of nitrogens with zero attached hydrogens (tertiary/aromatic N) is 5. The Balaban J connectivity index is 1.69. The van der Waals surface area contributed by atoms with Gasteiger partial charge in [-0.05, 0) is 49.2 Å². The minimum atomic E-state index is -0.729. The second-order valence-electron chi connectivity index (χ2n) is 6.71. The summed E-state index contributed by atoms with van der Waals surface area (Å²) in [5.74, 6) is -0.156. The third-order valence-corrected chi connectivity index (χ3v) is 5.69. The number of hydrogen-bond acceptors (Lipinski definition) is 6. The van der Waals surface area contributed by atoms with E-state index in [1.54, 1.807) is 4.68 Å². The predicted octanol–water partition coefficient (Wildman–Crippen LogP) is 2.79. The van der Waals surface area contributed by atoms with Gasteiger partial charge in [-0.2, -0.15) is 9.94 Å². The van der Waals surface area contributed by atoms with Crippen LogP contribution in [0, 0.1) is 18.3 Å². The van der Waals surface area contributed by atoms with Gasteiger partial charge in [-0.25, -0.2) is 0 Å². The number of carbonyl (C=O) groups is 1. The Bertz CT molecular complexity index is 804. The van der Waals surface area contributed by atoms with Gasteiger partial charge >= 0.3 is 0 Å². The van der Waals surface area contributed by atoms with Crippen molar-refractivity contribution in [2.24, 2.45) is 0 Å². The van der Waals surface area contributed by atoms with Crippen molar-refractivity contribution in [3.63, 3.8) is 0 Å². The van der Waals surface area contributed by atoms with Gasteiger partial charge in [0.1, 0.15) is 5.54 Å². The van der Waals surface area contributed by atoms with E-state index in [4.69, 9.17) is 0 Å². The lowest BCUT2D eigenvalue weighted by atomic mass is 9.83. The molecule has 1 aromatic carbocycles. The molecule has 136 valence electrons. The lowest BCUT2D eigenvalue weighted by Crippen LogP contribution is -2.50. The van der Waals surface area contributed by atoms with Crippen molar-refractivity contribution < 1.29 is 4.79 Å². The summed E-state index contributed by atoms with van der Waals surface area (Å²) in [5.41, 5.74) is 1.27. The summed E-state index contributed by atoms with van der Waals surface area (Å²) in [6, 6.07) is 10.2. The molecule has 0 aliphatic heterocycles. The maximum atomic E-state index is 12.6. The van der Waals surface area contributed by atoms with Crippen LogP contribution < -0.4 is 5.32 Å². The normalized spacial score (nSPS) is 17.3. The van der Waals surface area contributed by atoms with E-state index in [2.05, 4.69) is 26.9 Å². The number of nitrogens with one attached hydrogen (secondary N) is 1. The minimum Gasteiger partial charge on any atom is -0.337 e. The van der Waals surface area contributed by atoms with Crippen LogP contribution in [0.15, 0.2) is 29.4 Å². The first-order chi connectivity index (χ1) is 12.5. The van der Waals surface area contributed by atoms with Crippen LogP contribution in [0.1, 0.15) is 44.6 Å². The zero-order valence-electron chi connectivity index (χ0n) is 15.0. The molecule has 0 bridgehead atoms. The van der Waals surface area contributed by atoms with Crippen LogP contribution in [0.25, 0.3) is 5.69 Å². The Hall–Kier alpha value is -2.40. The first-order valence-corrected chi connectivity index (χ1v) is 9.66. The van der Waals surface area contributed by atoms with Gasteiger partial charge in [-0.1, -0.05) is 48.7 Å². The molecule has 3 rings (SSSR count). The minimum absolute atomic E-state index is 0.156. The number of benzene rings is 1. The summed E-state index contributed by atoms with van der Waals surface area (Å²) in [6.45, 7) is 3.82. The summed E-state index contributed by atoms with van der Waals surface area (Å²) in [6.07, 6.45) is 4.50. The second kappa shape index (κ2) is 7.87. The molecular weight excluding hydrogens is 348 g/mol. The van der Waals surface area contributed by atoms with Gasteiger partial charge in [0.05, 0.1) is 17.0 Å². The van der Waals surface area contributed by atoms with Crippen molar-refractivity contribution >= 4 is 17.7 Å². The highest BCUT2D eigenvalue weighted by Gasteiger charge is 2.35. The molecule has 26 heavy (non-hydrogen) atoms. The zero-order valence-corrected chi connectivity index (χ0v) is 15.8. The average Bonchev–Trinajstić information content (AvgIpc) is 3.11. The average molecular weight is 370 g/mol. The largest absolute Gasteiger partial charge is 0.337 e. The third-order valence-electron chi connectivity index (χ3n) is 4.65. The van der Waals surface area contributed by atoms with E-state index in [-0.39, 0.29) is 5.91 Å². The van der Waals surface area contributed by atoms with E-state index in [9.17, 15) is 10.1 Å². The van der Waals surface area contributed by atoms with Crippen molar-refractivity contribution in [3.8, 4) is 11.8 Å². The molecule has 0 saturated heterocycles. The Kier molecular flexibility index (Phi) is 5.57. The van der Waals surface area contributed by atoms with Crippen LogP contribution in [-0.4, -0.2) is 36.9 Å². The maximum absolute atomic E-state index is 12.6. The monoisotopic (exact) mass is 370 g/mol. The number of rotatable bonds is 5. The summed E-state index contributed by atoms with van der Waals surface area (Å²) in [7, 11) is 0. The van der Waals surface area contributed by atoms with Crippen LogP contribution in [0.2, 0.25) is 0 Å². The zero-order chi connectivity index (χ0) is 18.6. The molecule has 8 heteroatoms. The molecule has 0 radical (unpaired) electrons. The van der Waals surface area contributed by atoms with Crippen LogP contribution in [-0.2, 0) is 4.79 Å². The molecule has 1 aliphatic carbocycles. The van der Waals surface area contributed by atoms with Gasteiger partial charge in [-0.15, -0.1) is 5.10 Å². The third kappa shape index (κ3) is 4.05. The van der Waals surface area contributed by atoms with E-state index < -0.39 is 10.8 Å². The molecule has 1 aromatic heterocycles. The number of amides is 1. The van der Waals surface area contributed by atoms with Crippen molar-refractivity contribution in [2.75, 3.05) is 0 Å². The number of tetrazole rings is 1. The van der Waals surface area contributed by atoms with E-state index in [1.165, 1.54) is 11.8 Å². The fraction of sp³-hybridized carbons (Fsp3) is 0.500. The molecule has 1 atom stereocenters. The van der Waals surface area contributed by atoms with Crippen LogP contribution in [0.4, 0.5) is 0 Å². The lowest BCUT2D eigenvalue weighted by Gasteiger charge is -2.32.